The van der Waals surface area contributed by atoms with Gasteiger partial charge in [0.2, 0.25) is 0 Å². The number of carbonyl (C=O) groups is 1. The van der Waals surface area contributed by atoms with E-state index in [1.165, 1.54) is 34.8 Å². The van der Waals surface area contributed by atoms with Crippen LogP contribution in [0.1, 0.15) is 15.4 Å². The molecule has 0 unspecified atom stereocenters. The lowest BCUT2D eigenvalue weighted by Gasteiger charge is -2.33. The van der Waals surface area contributed by atoms with Gasteiger partial charge in [-0.25, -0.2) is 13.1 Å². The molecule has 2 aromatic rings. The topological polar surface area (TPSA) is 92.6 Å². The maximum absolute atomic E-state index is 12.6. The molecule has 0 atom stereocenters. The predicted octanol–water partition coefficient (Wildman–Crippen LogP) is 0.297. The van der Waals surface area contributed by atoms with Crippen LogP contribution in [0.5, 0.6) is 0 Å². The number of hydrogen-bond donors (Lipinski definition) is 0. The molecule has 1 amide bonds. The van der Waals surface area contributed by atoms with Gasteiger partial charge in [0.05, 0.1) is 0 Å². The fraction of sp³-hybridized carbons (Fsp3) is 0.400. The summed E-state index contributed by atoms with van der Waals surface area (Å²) < 4.78 is 28.1. The number of aromatic nitrogens is 2. The summed E-state index contributed by atoms with van der Waals surface area (Å²) in [5, 5.41) is 3.95. The van der Waals surface area contributed by atoms with Crippen molar-refractivity contribution in [2.75, 3.05) is 26.2 Å². The van der Waals surface area contributed by atoms with Gasteiger partial charge in [-0.15, -0.1) is 11.3 Å². The van der Waals surface area contributed by atoms with E-state index >= 15 is 0 Å². The van der Waals surface area contributed by atoms with E-state index in [4.69, 9.17) is 0 Å². The molecule has 10 heteroatoms. The molecule has 25 heavy (non-hydrogen) atoms. The minimum absolute atomic E-state index is 0.173. The first kappa shape index (κ1) is 17.8. The highest BCUT2D eigenvalue weighted by atomic mass is 32.2. The molecule has 0 N–H and O–H groups in total. The monoisotopic (exact) mass is 382 g/mol. The fourth-order valence-electron chi connectivity index (χ4n) is 2.59. The van der Waals surface area contributed by atoms with Crippen molar-refractivity contribution in [3.63, 3.8) is 0 Å². The molecule has 0 saturated carbocycles. The van der Waals surface area contributed by atoms with Crippen LogP contribution >= 0.6 is 11.3 Å². The largest absolute Gasteiger partial charge is 0.335 e. The van der Waals surface area contributed by atoms with Gasteiger partial charge in [-0.05, 0) is 25.1 Å². The van der Waals surface area contributed by atoms with Gasteiger partial charge in [-0.1, -0.05) is 0 Å². The molecule has 3 heterocycles. The standard InChI is InChI=1S/C15H18N4O4S2/c1-11-3-6-14(24-11)25(22,23)19-9-7-18(8-10-19)15(21)12-4-5-13(20)17(2)16-12/h3-6H,7-10H2,1-2H3. The van der Waals surface area contributed by atoms with Crippen molar-refractivity contribution >= 4 is 27.3 Å². The van der Waals surface area contributed by atoms with E-state index in [0.717, 1.165) is 9.56 Å². The third kappa shape index (κ3) is 3.51. The first-order chi connectivity index (χ1) is 11.8. The Morgan fingerprint density at radius 2 is 1.80 bits per heavy atom. The molecule has 1 fully saturated rings. The van der Waals surface area contributed by atoms with E-state index < -0.39 is 10.0 Å². The molecule has 1 aliphatic heterocycles. The Morgan fingerprint density at radius 3 is 2.36 bits per heavy atom. The molecule has 2 aromatic heterocycles. The number of piperazine rings is 1. The molecule has 0 spiro atoms. The van der Waals surface area contributed by atoms with Gasteiger partial charge in [0, 0.05) is 44.2 Å². The third-order valence-electron chi connectivity index (χ3n) is 4.02. The van der Waals surface area contributed by atoms with E-state index in [1.54, 1.807) is 17.0 Å². The Morgan fingerprint density at radius 1 is 1.12 bits per heavy atom. The minimum atomic E-state index is -3.51. The summed E-state index contributed by atoms with van der Waals surface area (Å²) in [5.41, 5.74) is -0.119. The van der Waals surface area contributed by atoms with Crippen LogP contribution in [0, 0.1) is 6.92 Å². The molecule has 3 rings (SSSR count). The minimum Gasteiger partial charge on any atom is -0.335 e. The second-order valence-corrected chi connectivity index (χ2v) is 9.19. The van der Waals surface area contributed by atoms with Crippen LogP contribution in [0.25, 0.3) is 0 Å². The molecule has 0 bridgehead atoms. The summed E-state index contributed by atoms with van der Waals surface area (Å²) >= 11 is 1.24. The second-order valence-electron chi connectivity index (χ2n) is 5.74. The van der Waals surface area contributed by atoms with Gasteiger partial charge in [-0.2, -0.15) is 9.40 Å². The number of hydrogen-bond acceptors (Lipinski definition) is 6. The maximum atomic E-state index is 12.6. The van der Waals surface area contributed by atoms with E-state index in [2.05, 4.69) is 5.10 Å². The van der Waals surface area contributed by atoms with Crippen LogP contribution in [0.15, 0.2) is 33.3 Å². The number of carbonyl (C=O) groups excluding carboxylic acids is 1. The lowest BCUT2D eigenvalue weighted by atomic mass is 10.3. The van der Waals surface area contributed by atoms with E-state index in [-0.39, 0.29) is 43.3 Å². The van der Waals surface area contributed by atoms with Crippen molar-refractivity contribution in [2.24, 2.45) is 7.05 Å². The van der Waals surface area contributed by atoms with Crippen molar-refractivity contribution in [3.8, 4) is 0 Å². The normalized spacial score (nSPS) is 16.2. The highest BCUT2D eigenvalue weighted by Gasteiger charge is 2.31. The summed E-state index contributed by atoms with van der Waals surface area (Å²) in [7, 11) is -2.04. The molecule has 0 aliphatic carbocycles. The van der Waals surface area contributed by atoms with Crippen molar-refractivity contribution in [1.82, 2.24) is 19.0 Å². The Labute approximate surface area is 149 Å². The number of nitrogens with zero attached hydrogens (tertiary/aromatic N) is 4. The average molecular weight is 382 g/mol. The first-order valence-electron chi connectivity index (χ1n) is 7.69. The third-order valence-corrected chi connectivity index (χ3v) is 7.38. The Bertz CT molecular complexity index is 956. The van der Waals surface area contributed by atoms with Crippen LogP contribution in [0.4, 0.5) is 0 Å². The van der Waals surface area contributed by atoms with Gasteiger partial charge >= 0.3 is 0 Å². The van der Waals surface area contributed by atoms with E-state index in [0.29, 0.717) is 4.21 Å². The van der Waals surface area contributed by atoms with Gasteiger partial charge in [0.1, 0.15) is 9.90 Å². The van der Waals surface area contributed by atoms with Crippen molar-refractivity contribution in [1.29, 1.82) is 0 Å². The van der Waals surface area contributed by atoms with Crippen molar-refractivity contribution in [2.45, 2.75) is 11.1 Å². The number of aryl methyl sites for hydroxylation is 2. The zero-order chi connectivity index (χ0) is 18.2. The molecule has 0 aromatic carbocycles. The lowest BCUT2D eigenvalue weighted by Crippen LogP contribution is -2.50. The smallest absolute Gasteiger partial charge is 0.274 e. The molecular weight excluding hydrogens is 364 g/mol. The van der Waals surface area contributed by atoms with Crippen molar-refractivity contribution < 1.29 is 13.2 Å². The SMILES string of the molecule is Cc1ccc(S(=O)(=O)N2CCN(C(=O)c3ccc(=O)n(C)n3)CC2)s1. The second kappa shape index (κ2) is 6.70. The van der Waals surface area contributed by atoms with Crippen LogP contribution in [-0.2, 0) is 17.1 Å². The fourth-order valence-corrected chi connectivity index (χ4v) is 5.45. The van der Waals surface area contributed by atoms with Gasteiger partial charge in [-0.3, -0.25) is 9.59 Å². The number of sulfonamides is 1. The Kier molecular flexibility index (Phi) is 4.76. The maximum Gasteiger partial charge on any atom is 0.274 e. The van der Waals surface area contributed by atoms with Gasteiger partial charge in [0.15, 0.2) is 0 Å². The highest BCUT2D eigenvalue weighted by molar-refractivity contribution is 7.91. The van der Waals surface area contributed by atoms with Crippen LogP contribution in [0.2, 0.25) is 0 Å². The average Bonchev–Trinajstić information content (AvgIpc) is 3.04. The molecular formula is C15H18N4O4S2. The molecule has 134 valence electrons. The quantitative estimate of drug-likeness (QED) is 0.761. The van der Waals surface area contributed by atoms with Gasteiger partial charge < -0.3 is 4.90 Å². The summed E-state index contributed by atoms with van der Waals surface area (Å²) in [6.45, 7) is 2.90. The van der Waals surface area contributed by atoms with Crippen molar-refractivity contribution in [3.05, 3.63) is 45.2 Å². The number of amides is 1. The zero-order valence-corrected chi connectivity index (χ0v) is 15.5. The number of thiophene rings is 1. The lowest BCUT2D eigenvalue weighted by molar-refractivity contribution is 0.0689. The molecule has 1 saturated heterocycles. The first-order valence-corrected chi connectivity index (χ1v) is 9.95. The highest BCUT2D eigenvalue weighted by Crippen LogP contribution is 2.25. The van der Waals surface area contributed by atoms with Crippen LogP contribution < -0.4 is 5.56 Å². The molecule has 0 radical (unpaired) electrons. The van der Waals surface area contributed by atoms with Gasteiger partial charge in [0.25, 0.3) is 21.5 Å². The Balaban J connectivity index is 1.70. The van der Waals surface area contributed by atoms with E-state index in [1.807, 2.05) is 6.92 Å². The Hall–Kier alpha value is -2.04. The zero-order valence-electron chi connectivity index (χ0n) is 13.9. The summed E-state index contributed by atoms with van der Waals surface area (Å²) in [6.07, 6.45) is 0. The summed E-state index contributed by atoms with van der Waals surface area (Å²) in [6, 6.07) is 6.08. The molecule has 1 aliphatic rings. The molecule has 8 nitrogen and oxygen atoms in total. The van der Waals surface area contributed by atoms with Crippen LogP contribution in [0.3, 0.4) is 0 Å². The van der Waals surface area contributed by atoms with Crippen LogP contribution in [-0.4, -0.2) is 59.5 Å². The van der Waals surface area contributed by atoms with E-state index in [9.17, 15) is 18.0 Å². The summed E-state index contributed by atoms with van der Waals surface area (Å²) in [4.78, 5) is 26.3. The number of rotatable bonds is 3. The predicted molar refractivity (Wildman–Crippen MR) is 93.2 cm³/mol. The summed E-state index contributed by atoms with van der Waals surface area (Å²) in [5.74, 6) is -0.306.